The molecule has 1 aliphatic carbocycles. The van der Waals surface area contributed by atoms with Gasteiger partial charge in [0.25, 0.3) is 0 Å². The molecule has 1 aliphatic rings. The number of aromatic nitrogens is 1. The Bertz CT molecular complexity index is 394. The molecule has 1 aromatic heterocycles. The molecule has 0 saturated heterocycles. The second-order valence-corrected chi connectivity index (χ2v) is 4.53. The van der Waals surface area contributed by atoms with Gasteiger partial charge < -0.3 is 19.9 Å². The lowest BCUT2D eigenvalue weighted by Gasteiger charge is -2.13. The number of hydrogen-bond acceptors (Lipinski definition) is 5. The minimum Gasteiger partial charge on any atom is -0.493 e. The van der Waals surface area contributed by atoms with Crippen molar-refractivity contribution in [1.82, 2.24) is 10.3 Å². The molecule has 0 spiro atoms. The van der Waals surface area contributed by atoms with E-state index >= 15 is 0 Å². The molecule has 0 aliphatic heterocycles. The Morgan fingerprint density at radius 3 is 2.83 bits per heavy atom. The quantitative estimate of drug-likeness (QED) is 0.756. The molecule has 1 aromatic rings. The SMILES string of the molecule is COc1ccnc(CNCC(O)C2CC2)c1OC. The molecule has 1 unspecified atom stereocenters. The summed E-state index contributed by atoms with van der Waals surface area (Å²) in [6.45, 7) is 1.15. The van der Waals surface area contributed by atoms with Gasteiger partial charge in [-0.25, -0.2) is 0 Å². The largest absolute Gasteiger partial charge is 0.493 e. The van der Waals surface area contributed by atoms with Gasteiger partial charge in [0.2, 0.25) is 0 Å². The summed E-state index contributed by atoms with van der Waals surface area (Å²) >= 11 is 0. The molecule has 5 heteroatoms. The summed E-state index contributed by atoms with van der Waals surface area (Å²) in [5, 5.41) is 13.0. The molecule has 1 atom stereocenters. The van der Waals surface area contributed by atoms with E-state index in [1.165, 1.54) is 0 Å². The topological polar surface area (TPSA) is 63.6 Å². The number of hydrogen-bond donors (Lipinski definition) is 2. The lowest BCUT2D eigenvalue weighted by atomic mass is 10.2. The Kier molecular flexibility index (Phi) is 4.38. The molecule has 0 aromatic carbocycles. The smallest absolute Gasteiger partial charge is 0.183 e. The van der Waals surface area contributed by atoms with Gasteiger partial charge >= 0.3 is 0 Å². The number of rotatable bonds is 7. The first-order valence-corrected chi connectivity index (χ1v) is 6.21. The Morgan fingerprint density at radius 2 is 2.22 bits per heavy atom. The maximum absolute atomic E-state index is 9.76. The molecule has 0 bridgehead atoms. The van der Waals surface area contributed by atoms with Gasteiger partial charge in [0.15, 0.2) is 11.5 Å². The van der Waals surface area contributed by atoms with Crippen LogP contribution in [0.2, 0.25) is 0 Å². The van der Waals surface area contributed by atoms with Crippen molar-refractivity contribution < 1.29 is 14.6 Å². The lowest BCUT2D eigenvalue weighted by molar-refractivity contribution is 0.148. The molecule has 2 N–H and O–H groups in total. The second-order valence-electron chi connectivity index (χ2n) is 4.53. The maximum atomic E-state index is 9.76. The van der Waals surface area contributed by atoms with E-state index in [1.54, 1.807) is 26.5 Å². The van der Waals surface area contributed by atoms with Gasteiger partial charge in [0.1, 0.15) is 0 Å². The first-order chi connectivity index (χ1) is 8.76. The van der Waals surface area contributed by atoms with Crippen molar-refractivity contribution in [2.75, 3.05) is 20.8 Å². The van der Waals surface area contributed by atoms with Crippen molar-refractivity contribution >= 4 is 0 Å². The molecule has 0 amide bonds. The lowest BCUT2D eigenvalue weighted by Crippen LogP contribution is -2.28. The average molecular weight is 252 g/mol. The van der Waals surface area contributed by atoms with Crippen LogP contribution in [0.25, 0.3) is 0 Å². The molecule has 1 fully saturated rings. The van der Waals surface area contributed by atoms with Crippen LogP contribution >= 0.6 is 0 Å². The number of ether oxygens (including phenoxy) is 2. The summed E-state index contributed by atoms with van der Waals surface area (Å²) in [5.41, 5.74) is 0.792. The minimum absolute atomic E-state index is 0.249. The van der Waals surface area contributed by atoms with Crippen LogP contribution in [-0.4, -0.2) is 37.0 Å². The Balaban J connectivity index is 1.91. The first-order valence-electron chi connectivity index (χ1n) is 6.21. The van der Waals surface area contributed by atoms with E-state index in [1.807, 2.05) is 0 Å². The van der Waals surface area contributed by atoms with E-state index < -0.39 is 0 Å². The highest BCUT2D eigenvalue weighted by molar-refractivity contribution is 5.42. The molecule has 5 nitrogen and oxygen atoms in total. The third-order valence-electron chi connectivity index (χ3n) is 3.18. The monoisotopic (exact) mass is 252 g/mol. The maximum Gasteiger partial charge on any atom is 0.183 e. The number of aliphatic hydroxyl groups excluding tert-OH is 1. The van der Waals surface area contributed by atoms with E-state index in [9.17, 15) is 5.11 Å². The summed E-state index contributed by atoms with van der Waals surface area (Å²) in [7, 11) is 3.20. The van der Waals surface area contributed by atoms with Crippen LogP contribution in [0.5, 0.6) is 11.5 Å². The zero-order valence-electron chi connectivity index (χ0n) is 10.8. The van der Waals surface area contributed by atoms with Crippen LogP contribution in [-0.2, 0) is 6.54 Å². The fourth-order valence-corrected chi connectivity index (χ4v) is 1.96. The Labute approximate surface area is 107 Å². The number of aliphatic hydroxyl groups is 1. The highest BCUT2D eigenvalue weighted by atomic mass is 16.5. The van der Waals surface area contributed by atoms with Crippen molar-refractivity contribution in [2.24, 2.45) is 5.92 Å². The third kappa shape index (κ3) is 3.11. The summed E-state index contributed by atoms with van der Waals surface area (Å²) < 4.78 is 10.5. The predicted molar refractivity (Wildman–Crippen MR) is 67.8 cm³/mol. The second kappa shape index (κ2) is 6.02. The molecule has 100 valence electrons. The van der Waals surface area contributed by atoms with Crippen molar-refractivity contribution in [3.05, 3.63) is 18.0 Å². The molecule has 2 rings (SSSR count). The number of nitrogens with zero attached hydrogens (tertiary/aromatic N) is 1. The van der Waals surface area contributed by atoms with Gasteiger partial charge in [-0.3, -0.25) is 4.98 Å². The normalized spacial score (nSPS) is 16.4. The summed E-state index contributed by atoms with van der Waals surface area (Å²) in [6.07, 6.45) is 3.73. The third-order valence-corrected chi connectivity index (χ3v) is 3.18. The van der Waals surface area contributed by atoms with E-state index in [0.717, 1.165) is 18.5 Å². The highest BCUT2D eigenvalue weighted by Crippen LogP contribution is 2.32. The van der Waals surface area contributed by atoms with Crippen LogP contribution in [0.4, 0.5) is 0 Å². The van der Waals surface area contributed by atoms with E-state index in [0.29, 0.717) is 30.5 Å². The van der Waals surface area contributed by atoms with Crippen LogP contribution in [0, 0.1) is 5.92 Å². The van der Waals surface area contributed by atoms with E-state index in [-0.39, 0.29) is 6.10 Å². The van der Waals surface area contributed by atoms with Crippen molar-refractivity contribution in [3.63, 3.8) is 0 Å². The zero-order valence-corrected chi connectivity index (χ0v) is 10.8. The van der Waals surface area contributed by atoms with E-state index in [4.69, 9.17) is 9.47 Å². The average Bonchev–Trinajstić information content (AvgIpc) is 3.22. The number of methoxy groups -OCH3 is 2. The molecule has 1 heterocycles. The number of pyridine rings is 1. The highest BCUT2D eigenvalue weighted by Gasteiger charge is 2.29. The van der Waals surface area contributed by atoms with Gasteiger partial charge in [-0.2, -0.15) is 0 Å². The summed E-state index contributed by atoms with van der Waals surface area (Å²) in [6, 6.07) is 1.77. The van der Waals surface area contributed by atoms with Crippen molar-refractivity contribution in [2.45, 2.75) is 25.5 Å². The molecular weight excluding hydrogens is 232 g/mol. The van der Waals surface area contributed by atoms with Gasteiger partial charge in [0, 0.05) is 25.4 Å². The van der Waals surface area contributed by atoms with Crippen LogP contribution in [0.3, 0.4) is 0 Å². The van der Waals surface area contributed by atoms with Gasteiger partial charge in [-0.15, -0.1) is 0 Å². The fraction of sp³-hybridized carbons (Fsp3) is 0.615. The van der Waals surface area contributed by atoms with Gasteiger partial charge in [0.05, 0.1) is 26.0 Å². The summed E-state index contributed by atoms with van der Waals surface area (Å²) in [5.74, 6) is 1.80. The first kappa shape index (κ1) is 13.1. The van der Waals surface area contributed by atoms with Crippen LogP contribution < -0.4 is 14.8 Å². The van der Waals surface area contributed by atoms with Gasteiger partial charge in [-0.05, 0) is 18.8 Å². The van der Waals surface area contributed by atoms with Crippen molar-refractivity contribution in [3.8, 4) is 11.5 Å². The molecule has 18 heavy (non-hydrogen) atoms. The number of nitrogens with one attached hydrogen (secondary N) is 1. The van der Waals surface area contributed by atoms with Crippen LogP contribution in [0.15, 0.2) is 12.3 Å². The zero-order chi connectivity index (χ0) is 13.0. The van der Waals surface area contributed by atoms with Gasteiger partial charge in [-0.1, -0.05) is 0 Å². The molecule has 0 radical (unpaired) electrons. The standard InChI is InChI=1S/C13H20N2O3/c1-17-12-5-6-15-10(13(12)18-2)7-14-8-11(16)9-3-4-9/h5-6,9,11,14,16H,3-4,7-8H2,1-2H3. The van der Waals surface area contributed by atoms with E-state index in [2.05, 4.69) is 10.3 Å². The molecular formula is C13H20N2O3. The predicted octanol–water partition coefficient (Wildman–Crippen LogP) is 0.959. The summed E-state index contributed by atoms with van der Waals surface area (Å²) in [4.78, 5) is 4.27. The molecule has 1 saturated carbocycles. The minimum atomic E-state index is -0.249. The Hall–Kier alpha value is -1.33. The van der Waals surface area contributed by atoms with Crippen molar-refractivity contribution in [1.29, 1.82) is 0 Å². The van der Waals surface area contributed by atoms with Crippen LogP contribution in [0.1, 0.15) is 18.5 Å². The Morgan fingerprint density at radius 1 is 1.44 bits per heavy atom. The fourth-order valence-electron chi connectivity index (χ4n) is 1.96.